The Morgan fingerprint density at radius 2 is 2.06 bits per heavy atom. The van der Waals surface area contributed by atoms with E-state index in [1.54, 1.807) is 23.6 Å². The minimum absolute atomic E-state index is 0.245. The fraction of sp³-hybridized carbons (Fsp3) is 0. The summed E-state index contributed by atoms with van der Waals surface area (Å²) in [5.74, 6) is -0.792. The van der Waals surface area contributed by atoms with Crippen molar-refractivity contribution < 1.29 is 9.59 Å². The molecule has 4 nitrogen and oxygen atoms in total. The molecule has 0 unspecified atom stereocenters. The summed E-state index contributed by atoms with van der Waals surface area (Å²) in [6.45, 7) is 0. The third kappa shape index (κ3) is 2.74. The fourth-order valence-corrected chi connectivity index (χ4v) is 3.27. The fourth-order valence-electron chi connectivity index (χ4n) is 1.20. The highest BCUT2D eigenvalue weighted by Crippen LogP contribution is 2.26. The molecular weight excluding hydrogens is 324 g/mol. The molecular formula is C10H7BrN2O2S2. The number of halogens is 1. The Labute approximate surface area is 114 Å². The molecule has 2 heterocycles. The Balaban J connectivity index is 2.18. The van der Waals surface area contributed by atoms with Gasteiger partial charge in [-0.15, -0.1) is 22.7 Å². The highest BCUT2D eigenvalue weighted by Gasteiger charge is 2.14. The Morgan fingerprint density at radius 1 is 1.29 bits per heavy atom. The molecule has 0 aliphatic heterocycles. The van der Waals surface area contributed by atoms with Gasteiger partial charge in [-0.2, -0.15) is 0 Å². The molecule has 2 aromatic heterocycles. The number of nitrogens with one attached hydrogen (secondary N) is 1. The molecule has 17 heavy (non-hydrogen) atoms. The molecule has 2 amide bonds. The molecule has 0 atom stereocenters. The second-order valence-corrected chi connectivity index (χ2v) is 6.46. The van der Waals surface area contributed by atoms with Crippen LogP contribution in [0.1, 0.15) is 20.0 Å². The molecule has 0 radical (unpaired) electrons. The van der Waals surface area contributed by atoms with E-state index in [0.29, 0.717) is 15.4 Å². The molecule has 7 heteroatoms. The van der Waals surface area contributed by atoms with E-state index in [-0.39, 0.29) is 5.91 Å². The van der Waals surface area contributed by atoms with E-state index < -0.39 is 5.91 Å². The predicted molar refractivity (Wildman–Crippen MR) is 72.8 cm³/mol. The van der Waals surface area contributed by atoms with Crippen molar-refractivity contribution in [1.29, 1.82) is 0 Å². The molecule has 0 aliphatic carbocycles. The Morgan fingerprint density at radius 3 is 2.65 bits per heavy atom. The van der Waals surface area contributed by atoms with E-state index in [1.807, 2.05) is 0 Å². The molecule has 3 N–H and O–H groups in total. The lowest BCUT2D eigenvalue weighted by Crippen LogP contribution is -2.15. The van der Waals surface area contributed by atoms with Crippen LogP contribution in [0, 0.1) is 0 Å². The lowest BCUT2D eigenvalue weighted by Gasteiger charge is -2.02. The Hall–Kier alpha value is -1.18. The highest BCUT2D eigenvalue weighted by molar-refractivity contribution is 9.11. The van der Waals surface area contributed by atoms with Crippen LogP contribution in [0.2, 0.25) is 0 Å². The molecule has 0 aromatic carbocycles. The minimum atomic E-state index is -0.547. The van der Waals surface area contributed by atoms with Crippen LogP contribution in [0.25, 0.3) is 0 Å². The van der Waals surface area contributed by atoms with Crippen LogP contribution in [0.4, 0.5) is 5.00 Å². The number of hydrogen-bond donors (Lipinski definition) is 2. The summed E-state index contributed by atoms with van der Waals surface area (Å²) in [4.78, 5) is 23.5. The largest absolute Gasteiger partial charge is 0.366 e. The highest BCUT2D eigenvalue weighted by atomic mass is 79.9. The van der Waals surface area contributed by atoms with Gasteiger partial charge in [0.25, 0.3) is 11.8 Å². The number of hydrogen-bond acceptors (Lipinski definition) is 4. The van der Waals surface area contributed by atoms with Gasteiger partial charge in [0.15, 0.2) is 0 Å². The third-order valence-corrected chi connectivity index (χ3v) is 4.41. The topological polar surface area (TPSA) is 72.2 Å². The van der Waals surface area contributed by atoms with Gasteiger partial charge in [0.05, 0.1) is 14.2 Å². The predicted octanol–water partition coefficient (Wildman–Crippen LogP) is 2.92. The third-order valence-electron chi connectivity index (χ3n) is 1.95. The van der Waals surface area contributed by atoms with Crippen LogP contribution in [0.3, 0.4) is 0 Å². The molecule has 2 aromatic rings. The Kier molecular flexibility index (Phi) is 3.60. The van der Waals surface area contributed by atoms with Gasteiger partial charge in [-0.25, -0.2) is 0 Å². The van der Waals surface area contributed by atoms with Crippen molar-refractivity contribution >= 4 is 55.4 Å². The average molecular weight is 331 g/mol. The van der Waals surface area contributed by atoms with Gasteiger partial charge < -0.3 is 11.1 Å². The quantitative estimate of drug-likeness (QED) is 0.908. The molecule has 0 fully saturated rings. The molecule has 2 rings (SSSR count). The zero-order chi connectivity index (χ0) is 12.4. The molecule has 0 aliphatic rings. The first kappa shape index (κ1) is 12.3. The number of carbonyl (C=O) groups excluding carboxylic acids is 2. The number of nitrogens with two attached hydrogens (primary N) is 1. The second kappa shape index (κ2) is 4.99. The van der Waals surface area contributed by atoms with Crippen molar-refractivity contribution in [3.63, 3.8) is 0 Å². The summed E-state index contributed by atoms with van der Waals surface area (Å²) in [5, 5.41) is 4.86. The zero-order valence-electron chi connectivity index (χ0n) is 8.40. The van der Waals surface area contributed by atoms with Crippen LogP contribution in [0.5, 0.6) is 0 Å². The maximum absolute atomic E-state index is 11.8. The maximum Gasteiger partial charge on any atom is 0.266 e. The number of primary amides is 1. The first-order chi connectivity index (χ1) is 8.08. The number of amides is 2. The number of rotatable bonds is 3. The van der Waals surface area contributed by atoms with Crippen LogP contribution in [-0.4, -0.2) is 11.8 Å². The SMILES string of the molecule is NC(=O)c1ccsc1NC(=O)c1ccc(Br)s1. The first-order valence-electron chi connectivity index (χ1n) is 4.52. The van der Waals surface area contributed by atoms with Crippen molar-refractivity contribution in [2.75, 3.05) is 5.32 Å². The number of carbonyl (C=O) groups is 2. The smallest absolute Gasteiger partial charge is 0.266 e. The lowest BCUT2D eigenvalue weighted by molar-refractivity contribution is 0.100. The van der Waals surface area contributed by atoms with Gasteiger partial charge in [-0.1, -0.05) is 0 Å². The zero-order valence-corrected chi connectivity index (χ0v) is 11.6. The van der Waals surface area contributed by atoms with Crippen molar-refractivity contribution in [3.05, 3.63) is 37.8 Å². The van der Waals surface area contributed by atoms with Crippen molar-refractivity contribution in [2.45, 2.75) is 0 Å². The summed E-state index contributed by atoms with van der Waals surface area (Å²) in [6.07, 6.45) is 0. The van der Waals surface area contributed by atoms with E-state index in [0.717, 1.165) is 3.79 Å². The normalized spacial score (nSPS) is 10.2. The summed E-state index contributed by atoms with van der Waals surface area (Å²) in [5.41, 5.74) is 5.52. The first-order valence-corrected chi connectivity index (χ1v) is 7.01. The molecule has 0 saturated heterocycles. The molecule has 0 spiro atoms. The molecule has 88 valence electrons. The van der Waals surface area contributed by atoms with E-state index in [4.69, 9.17) is 5.73 Å². The van der Waals surface area contributed by atoms with Gasteiger partial charge in [0, 0.05) is 0 Å². The van der Waals surface area contributed by atoms with E-state index in [2.05, 4.69) is 21.2 Å². The molecule has 0 saturated carbocycles. The summed E-state index contributed by atoms with van der Waals surface area (Å²) < 4.78 is 0.879. The maximum atomic E-state index is 11.8. The van der Waals surface area contributed by atoms with Crippen LogP contribution >= 0.6 is 38.6 Å². The number of anilines is 1. The Bertz CT molecular complexity index is 576. The molecule has 0 bridgehead atoms. The number of thiophene rings is 2. The lowest BCUT2D eigenvalue weighted by atomic mass is 10.3. The van der Waals surface area contributed by atoms with Crippen LogP contribution in [-0.2, 0) is 0 Å². The van der Waals surface area contributed by atoms with Crippen molar-refractivity contribution in [3.8, 4) is 0 Å². The monoisotopic (exact) mass is 330 g/mol. The van der Waals surface area contributed by atoms with Gasteiger partial charge >= 0.3 is 0 Å². The van der Waals surface area contributed by atoms with Crippen molar-refractivity contribution in [1.82, 2.24) is 0 Å². The average Bonchev–Trinajstić information content (AvgIpc) is 2.86. The van der Waals surface area contributed by atoms with Crippen molar-refractivity contribution in [2.24, 2.45) is 5.73 Å². The van der Waals surface area contributed by atoms with E-state index in [1.165, 1.54) is 22.7 Å². The van der Waals surface area contributed by atoms with Gasteiger partial charge in [0.2, 0.25) is 0 Å². The van der Waals surface area contributed by atoms with Gasteiger partial charge in [-0.3, -0.25) is 9.59 Å². The van der Waals surface area contributed by atoms with Crippen LogP contribution in [0.15, 0.2) is 27.4 Å². The van der Waals surface area contributed by atoms with E-state index in [9.17, 15) is 9.59 Å². The van der Waals surface area contributed by atoms with Gasteiger partial charge in [-0.05, 0) is 39.5 Å². The summed E-state index contributed by atoms with van der Waals surface area (Å²) in [6, 6.07) is 5.09. The summed E-state index contributed by atoms with van der Waals surface area (Å²) in [7, 11) is 0. The van der Waals surface area contributed by atoms with Gasteiger partial charge in [0.1, 0.15) is 5.00 Å². The summed E-state index contributed by atoms with van der Waals surface area (Å²) >= 11 is 5.88. The minimum Gasteiger partial charge on any atom is -0.366 e. The second-order valence-electron chi connectivity index (χ2n) is 3.09. The van der Waals surface area contributed by atoms with E-state index >= 15 is 0 Å². The van der Waals surface area contributed by atoms with Crippen LogP contribution < -0.4 is 11.1 Å². The standard InChI is InChI=1S/C10H7BrN2O2S2/c11-7-2-1-6(17-7)9(15)13-10-5(8(12)14)3-4-16-10/h1-4H,(H2,12,14)(H,13,15).